The monoisotopic (exact) mass is 407 g/mol. The molecule has 162 valence electrons. The lowest BCUT2D eigenvalue weighted by molar-refractivity contribution is -0.0887. The van der Waals surface area contributed by atoms with Gasteiger partial charge in [-0.2, -0.15) is 0 Å². The summed E-state index contributed by atoms with van der Waals surface area (Å²) in [5.74, 6) is 0. The zero-order valence-electron chi connectivity index (χ0n) is 20.3. The van der Waals surface area contributed by atoms with E-state index in [1.807, 2.05) is 0 Å². The molecule has 0 spiro atoms. The van der Waals surface area contributed by atoms with Gasteiger partial charge in [-0.15, -0.1) is 0 Å². The topological polar surface area (TPSA) is 34.2 Å². The molecule has 2 aromatic carbocycles. The van der Waals surface area contributed by atoms with Gasteiger partial charge in [0.05, 0.1) is 16.7 Å². The summed E-state index contributed by atoms with van der Waals surface area (Å²) in [6, 6.07) is 11.4. The van der Waals surface area contributed by atoms with E-state index in [2.05, 4.69) is 105 Å². The van der Waals surface area contributed by atoms with Crippen LogP contribution in [0.15, 0.2) is 30.3 Å². The van der Waals surface area contributed by atoms with Crippen LogP contribution in [0.1, 0.15) is 92.2 Å². The average molecular weight is 408 g/mol. The first-order valence-electron chi connectivity index (χ1n) is 11.1. The van der Waals surface area contributed by atoms with Crippen molar-refractivity contribution in [2.75, 3.05) is 0 Å². The molecule has 0 aliphatic carbocycles. The van der Waals surface area contributed by atoms with Crippen LogP contribution in [0.25, 0.3) is 21.8 Å². The molecule has 1 aromatic heterocycles. The summed E-state index contributed by atoms with van der Waals surface area (Å²) in [6.07, 6.45) is -0.394. The summed E-state index contributed by atoms with van der Waals surface area (Å²) in [5, 5.41) is 2.51. The highest BCUT2D eigenvalue weighted by Gasteiger charge is 2.50. The van der Waals surface area contributed by atoms with Gasteiger partial charge >= 0.3 is 0 Å². The summed E-state index contributed by atoms with van der Waals surface area (Å²) in [7, 11) is 0. The van der Waals surface area contributed by atoms with Crippen LogP contribution in [0.4, 0.5) is 0 Å². The summed E-state index contributed by atoms with van der Waals surface area (Å²) in [5.41, 5.74) is 5.39. The molecule has 2 heterocycles. The van der Waals surface area contributed by atoms with Crippen LogP contribution in [0.5, 0.6) is 0 Å². The number of rotatable bonds is 1. The van der Waals surface area contributed by atoms with Gasteiger partial charge in [-0.25, -0.2) is 0 Å². The molecule has 3 aromatic rings. The molecule has 1 saturated heterocycles. The second-order valence-electron chi connectivity index (χ2n) is 12.0. The first kappa shape index (κ1) is 21.4. The second-order valence-corrected chi connectivity index (χ2v) is 12.0. The minimum atomic E-state index is -0.394. The highest BCUT2D eigenvalue weighted by molar-refractivity contribution is 6.09. The molecule has 3 heteroatoms. The van der Waals surface area contributed by atoms with Crippen molar-refractivity contribution in [3.8, 4) is 0 Å². The predicted octanol–water partition coefficient (Wildman–Crippen LogP) is 7.52. The zero-order chi connectivity index (χ0) is 22.3. The van der Waals surface area contributed by atoms with Gasteiger partial charge in [0.1, 0.15) is 0 Å². The molecule has 4 rings (SSSR count). The molecular weight excluding hydrogens is 370 g/mol. The summed E-state index contributed by atoms with van der Waals surface area (Å²) in [4.78, 5) is 3.68. The Labute approximate surface area is 181 Å². The zero-order valence-corrected chi connectivity index (χ0v) is 20.3. The Kier molecular flexibility index (Phi) is 4.52. The fourth-order valence-electron chi connectivity index (χ4n) is 4.08. The lowest BCUT2D eigenvalue weighted by atomic mass is 9.84. The molecule has 3 nitrogen and oxygen atoms in total. The summed E-state index contributed by atoms with van der Waals surface area (Å²) < 4.78 is 12.9. The van der Waals surface area contributed by atoms with Crippen molar-refractivity contribution in [2.24, 2.45) is 0 Å². The number of fused-ring (bicyclic) bond motifs is 3. The Morgan fingerprint density at radius 1 is 0.733 bits per heavy atom. The normalized spacial score (nSPS) is 19.8. The molecule has 30 heavy (non-hydrogen) atoms. The van der Waals surface area contributed by atoms with Crippen LogP contribution in [-0.2, 0) is 20.3 Å². The third-order valence-electron chi connectivity index (χ3n) is 6.98. The fourth-order valence-corrected chi connectivity index (χ4v) is 4.08. The number of ether oxygens (including phenoxy) is 2. The van der Waals surface area contributed by atoms with Gasteiger partial charge in [-0.05, 0) is 73.9 Å². The smallest absolute Gasteiger partial charge is 0.187 e. The van der Waals surface area contributed by atoms with E-state index >= 15 is 0 Å². The standard InChI is InChI=1S/C27H37NO2/c1-24(2,3)16-11-12-21-18(13-16)19-14-17(25(4,5)6)15-20(22(19)28-21)23-29-26(7,8)27(9,10)30-23/h11-15,23,28H,1-10H3. The Balaban J connectivity index is 2.00. The second kappa shape index (κ2) is 6.34. The lowest BCUT2D eigenvalue weighted by Gasteiger charge is -2.30. The molecule has 0 bridgehead atoms. The maximum absolute atomic E-state index is 6.46. The number of hydrogen-bond donors (Lipinski definition) is 1. The van der Waals surface area contributed by atoms with E-state index in [-0.39, 0.29) is 22.0 Å². The van der Waals surface area contributed by atoms with Gasteiger partial charge < -0.3 is 14.5 Å². The Bertz CT molecular complexity index is 1100. The maximum Gasteiger partial charge on any atom is 0.187 e. The van der Waals surface area contributed by atoms with Gasteiger partial charge in [0.15, 0.2) is 6.29 Å². The van der Waals surface area contributed by atoms with Crippen molar-refractivity contribution in [3.63, 3.8) is 0 Å². The van der Waals surface area contributed by atoms with Gasteiger partial charge in [0, 0.05) is 21.9 Å². The van der Waals surface area contributed by atoms with Crippen LogP contribution in [0.2, 0.25) is 0 Å². The fraction of sp³-hybridized carbons (Fsp3) is 0.556. The third-order valence-corrected chi connectivity index (χ3v) is 6.98. The summed E-state index contributed by atoms with van der Waals surface area (Å²) in [6.45, 7) is 22.0. The first-order valence-corrected chi connectivity index (χ1v) is 11.1. The molecule has 0 atom stereocenters. The number of hydrogen-bond acceptors (Lipinski definition) is 2. The minimum absolute atomic E-state index is 0.0256. The van der Waals surface area contributed by atoms with Crippen molar-refractivity contribution in [1.82, 2.24) is 4.98 Å². The Hall–Kier alpha value is -1.84. The third kappa shape index (κ3) is 3.36. The Morgan fingerprint density at radius 2 is 1.27 bits per heavy atom. The van der Waals surface area contributed by atoms with E-state index in [9.17, 15) is 0 Å². The molecule has 0 saturated carbocycles. The number of H-pyrrole nitrogens is 1. The molecule has 0 amide bonds. The van der Waals surface area contributed by atoms with Crippen LogP contribution in [0, 0.1) is 0 Å². The maximum atomic E-state index is 6.46. The molecular formula is C27H37NO2. The first-order chi connectivity index (χ1) is 13.6. The van der Waals surface area contributed by atoms with E-state index in [4.69, 9.17) is 9.47 Å². The quantitative estimate of drug-likeness (QED) is 0.452. The molecule has 0 unspecified atom stereocenters. The van der Waals surface area contributed by atoms with Crippen LogP contribution in [0.3, 0.4) is 0 Å². The van der Waals surface area contributed by atoms with Gasteiger partial charge in [0.2, 0.25) is 0 Å². The highest BCUT2D eigenvalue weighted by atomic mass is 16.7. The van der Waals surface area contributed by atoms with Crippen LogP contribution < -0.4 is 0 Å². The minimum Gasteiger partial charge on any atom is -0.354 e. The molecule has 1 aliphatic heterocycles. The Morgan fingerprint density at radius 3 is 1.80 bits per heavy atom. The molecule has 1 fully saturated rings. The lowest BCUT2D eigenvalue weighted by Crippen LogP contribution is -2.41. The number of aromatic nitrogens is 1. The predicted molar refractivity (Wildman–Crippen MR) is 126 cm³/mol. The van der Waals surface area contributed by atoms with E-state index in [0.717, 1.165) is 16.6 Å². The SMILES string of the molecule is CC(C)(C)c1ccc2[nH]c3c(C4OC(C)(C)C(C)(C)O4)cc(C(C)(C)C)cc3c2c1. The number of nitrogens with one attached hydrogen (secondary N) is 1. The molecule has 1 aliphatic rings. The average Bonchev–Trinajstić information content (AvgIpc) is 3.05. The summed E-state index contributed by atoms with van der Waals surface area (Å²) >= 11 is 0. The van der Waals surface area contributed by atoms with Gasteiger partial charge in [-0.1, -0.05) is 47.6 Å². The van der Waals surface area contributed by atoms with E-state index in [1.165, 1.54) is 21.9 Å². The highest BCUT2D eigenvalue weighted by Crippen LogP contribution is 2.47. The van der Waals surface area contributed by atoms with Gasteiger partial charge in [0.25, 0.3) is 0 Å². The van der Waals surface area contributed by atoms with Crippen molar-refractivity contribution in [1.29, 1.82) is 0 Å². The van der Waals surface area contributed by atoms with E-state index in [1.54, 1.807) is 0 Å². The van der Waals surface area contributed by atoms with Crippen molar-refractivity contribution in [3.05, 3.63) is 47.0 Å². The van der Waals surface area contributed by atoms with E-state index in [0.29, 0.717) is 0 Å². The number of aromatic amines is 1. The largest absolute Gasteiger partial charge is 0.354 e. The van der Waals surface area contributed by atoms with Crippen molar-refractivity contribution < 1.29 is 9.47 Å². The number of benzene rings is 2. The van der Waals surface area contributed by atoms with Crippen molar-refractivity contribution >= 4 is 21.8 Å². The van der Waals surface area contributed by atoms with E-state index < -0.39 is 6.29 Å². The molecule has 0 radical (unpaired) electrons. The molecule has 1 N–H and O–H groups in total. The van der Waals surface area contributed by atoms with Gasteiger partial charge in [-0.3, -0.25) is 0 Å². The van der Waals surface area contributed by atoms with Crippen molar-refractivity contribution in [2.45, 2.75) is 97.6 Å². The van der Waals surface area contributed by atoms with Crippen LogP contribution in [-0.4, -0.2) is 16.2 Å². The van der Waals surface area contributed by atoms with Crippen LogP contribution >= 0.6 is 0 Å².